The van der Waals surface area contributed by atoms with Gasteiger partial charge in [0.2, 0.25) is 0 Å². The van der Waals surface area contributed by atoms with E-state index in [0.717, 1.165) is 0 Å². The number of carbonyl (C=O) groups is 2. The van der Waals surface area contributed by atoms with E-state index in [1.165, 1.54) is 0 Å². The fraction of sp³-hybridized carbons (Fsp3) is 0.571. The van der Waals surface area contributed by atoms with E-state index in [4.69, 9.17) is 23.7 Å². The summed E-state index contributed by atoms with van der Waals surface area (Å²) in [5.74, 6) is -0.903. The van der Waals surface area contributed by atoms with Gasteiger partial charge in [-0.1, -0.05) is 13.2 Å². The van der Waals surface area contributed by atoms with Crippen LogP contribution in [0.3, 0.4) is 0 Å². The lowest BCUT2D eigenvalue weighted by Crippen LogP contribution is -2.14. The van der Waals surface area contributed by atoms with Gasteiger partial charge in [-0.3, -0.25) is 0 Å². The van der Waals surface area contributed by atoms with Crippen LogP contribution in [-0.4, -0.2) is 52.0 Å². The van der Waals surface area contributed by atoms with E-state index in [1.807, 2.05) is 0 Å². The molecule has 0 aromatic carbocycles. The first-order valence-corrected chi connectivity index (χ1v) is 6.33. The fourth-order valence-electron chi connectivity index (χ4n) is 0.903. The third-order valence-electron chi connectivity index (χ3n) is 1.95. The van der Waals surface area contributed by atoms with Crippen molar-refractivity contribution in [2.45, 2.75) is 13.8 Å². The quantitative estimate of drug-likeness (QED) is 0.232. The minimum atomic E-state index is -0.452. The van der Waals surface area contributed by atoms with Gasteiger partial charge in [-0.2, -0.15) is 0 Å². The maximum absolute atomic E-state index is 11.0. The summed E-state index contributed by atoms with van der Waals surface area (Å²) in [7, 11) is 0. The zero-order valence-corrected chi connectivity index (χ0v) is 12.5. The average molecular weight is 302 g/mol. The highest BCUT2D eigenvalue weighted by atomic mass is 16.7. The van der Waals surface area contributed by atoms with Gasteiger partial charge in [0.25, 0.3) is 0 Å². The van der Waals surface area contributed by atoms with Gasteiger partial charge in [-0.05, 0) is 13.8 Å². The SMILES string of the molecule is C=C(C)C(=O)OCCOCOCOCCOC(=O)C(=C)C. The summed E-state index contributed by atoms with van der Waals surface area (Å²) >= 11 is 0. The lowest BCUT2D eigenvalue weighted by molar-refractivity contribution is -0.154. The molecule has 0 aliphatic rings. The smallest absolute Gasteiger partial charge is 0.333 e. The first-order valence-electron chi connectivity index (χ1n) is 6.33. The first kappa shape index (κ1) is 19.3. The van der Waals surface area contributed by atoms with Gasteiger partial charge in [0, 0.05) is 11.1 Å². The van der Waals surface area contributed by atoms with Crippen LogP contribution in [0.4, 0.5) is 0 Å². The Balaban J connectivity index is 3.23. The van der Waals surface area contributed by atoms with E-state index in [1.54, 1.807) is 13.8 Å². The van der Waals surface area contributed by atoms with Crippen molar-refractivity contribution < 1.29 is 33.3 Å². The molecular weight excluding hydrogens is 280 g/mol. The molecule has 0 N–H and O–H groups in total. The van der Waals surface area contributed by atoms with E-state index in [9.17, 15) is 9.59 Å². The number of hydrogen-bond acceptors (Lipinski definition) is 7. The second kappa shape index (κ2) is 12.1. The molecule has 21 heavy (non-hydrogen) atoms. The summed E-state index contributed by atoms with van der Waals surface area (Å²) < 4.78 is 24.6. The highest BCUT2D eigenvalue weighted by molar-refractivity contribution is 5.87. The van der Waals surface area contributed by atoms with Crippen molar-refractivity contribution in [1.29, 1.82) is 0 Å². The van der Waals surface area contributed by atoms with Crippen LogP contribution in [0.15, 0.2) is 24.3 Å². The van der Waals surface area contributed by atoms with Crippen LogP contribution >= 0.6 is 0 Å². The van der Waals surface area contributed by atoms with Crippen LogP contribution in [0.25, 0.3) is 0 Å². The highest BCUT2D eigenvalue weighted by Crippen LogP contribution is 1.93. The van der Waals surface area contributed by atoms with Crippen molar-refractivity contribution in [3.05, 3.63) is 24.3 Å². The summed E-state index contributed by atoms with van der Waals surface area (Å²) in [4.78, 5) is 22.0. The van der Waals surface area contributed by atoms with Crippen molar-refractivity contribution in [3.63, 3.8) is 0 Å². The molecule has 0 saturated heterocycles. The minimum Gasteiger partial charge on any atom is -0.460 e. The lowest BCUT2D eigenvalue weighted by Gasteiger charge is -2.08. The fourth-order valence-corrected chi connectivity index (χ4v) is 0.903. The maximum atomic E-state index is 11.0. The molecule has 0 heterocycles. The Hall–Kier alpha value is -1.70. The summed E-state index contributed by atoms with van der Waals surface area (Å²) in [6.45, 7) is 10.7. The van der Waals surface area contributed by atoms with Gasteiger partial charge in [0.1, 0.15) is 26.8 Å². The molecule has 0 aliphatic heterocycles. The summed E-state index contributed by atoms with van der Waals surface area (Å²) in [6.07, 6.45) is 0. The highest BCUT2D eigenvalue weighted by Gasteiger charge is 2.02. The second-order valence-corrected chi connectivity index (χ2v) is 4.09. The Bertz CT molecular complexity index is 328. The van der Waals surface area contributed by atoms with Gasteiger partial charge in [-0.15, -0.1) is 0 Å². The van der Waals surface area contributed by atoms with Crippen molar-refractivity contribution in [2.24, 2.45) is 0 Å². The standard InChI is InChI=1S/C14H22O7/c1-11(2)13(15)20-7-5-17-9-19-10-18-6-8-21-14(16)12(3)4/h1,3,5-10H2,2,4H3. The van der Waals surface area contributed by atoms with Crippen LogP contribution in [0, 0.1) is 0 Å². The third kappa shape index (κ3) is 11.8. The number of ether oxygens (including phenoxy) is 5. The summed E-state index contributed by atoms with van der Waals surface area (Å²) in [5.41, 5.74) is 0.680. The van der Waals surface area contributed by atoms with Crippen molar-refractivity contribution in [3.8, 4) is 0 Å². The molecule has 0 saturated carbocycles. The topological polar surface area (TPSA) is 80.3 Å². The predicted molar refractivity (Wildman–Crippen MR) is 74.3 cm³/mol. The molecular formula is C14H22O7. The Labute approximate surface area is 124 Å². The molecule has 0 rings (SSSR count). The van der Waals surface area contributed by atoms with E-state index < -0.39 is 11.9 Å². The average Bonchev–Trinajstić information content (AvgIpc) is 2.43. The molecule has 0 aliphatic carbocycles. The number of esters is 2. The lowest BCUT2D eigenvalue weighted by atomic mass is 10.4. The molecule has 0 bridgehead atoms. The molecule has 120 valence electrons. The molecule has 7 heteroatoms. The predicted octanol–water partition coefficient (Wildman–Crippen LogP) is 1.19. The Morgan fingerprint density at radius 2 is 1.10 bits per heavy atom. The summed E-state index contributed by atoms with van der Waals surface area (Å²) in [5, 5.41) is 0. The van der Waals surface area contributed by atoms with E-state index in [2.05, 4.69) is 13.2 Å². The molecule has 0 aromatic heterocycles. The van der Waals surface area contributed by atoms with Crippen molar-refractivity contribution in [1.82, 2.24) is 0 Å². The van der Waals surface area contributed by atoms with Crippen molar-refractivity contribution >= 4 is 11.9 Å². The monoisotopic (exact) mass is 302 g/mol. The Kier molecular flexibility index (Phi) is 11.1. The van der Waals surface area contributed by atoms with E-state index in [0.29, 0.717) is 11.1 Å². The van der Waals surface area contributed by atoms with Crippen LogP contribution in [-0.2, 0) is 33.3 Å². The van der Waals surface area contributed by atoms with Gasteiger partial charge < -0.3 is 23.7 Å². The van der Waals surface area contributed by atoms with Gasteiger partial charge in [-0.25, -0.2) is 9.59 Å². The van der Waals surface area contributed by atoms with E-state index in [-0.39, 0.29) is 40.0 Å². The van der Waals surface area contributed by atoms with Gasteiger partial charge in [0.05, 0.1) is 13.2 Å². The van der Waals surface area contributed by atoms with Crippen LogP contribution < -0.4 is 0 Å². The Morgan fingerprint density at radius 1 is 0.714 bits per heavy atom. The molecule has 0 spiro atoms. The first-order chi connectivity index (χ1) is 9.95. The molecule has 0 atom stereocenters. The normalized spacial score (nSPS) is 10.0. The second-order valence-electron chi connectivity index (χ2n) is 4.09. The molecule has 0 fully saturated rings. The summed E-state index contributed by atoms with van der Waals surface area (Å²) in [6, 6.07) is 0. The van der Waals surface area contributed by atoms with Crippen LogP contribution in [0.1, 0.15) is 13.8 Å². The minimum absolute atomic E-state index is 0.0101. The molecule has 7 nitrogen and oxygen atoms in total. The zero-order chi connectivity index (χ0) is 16.1. The molecule has 0 unspecified atom stereocenters. The van der Waals surface area contributed by atoms with Crippen LogP contribution in [0.5, 0.6) is 0 Å². The maximum Gasteiger partial charge on any atom is 0.333 e. The number of rotatable bonds is 12. The largest absolute Gasteiger partial charge is 0.460 e. The van der Waals surface area contributed by atoms with Gasteiger partial charge >= 0.3 is 11.9 Å². The van der Waals surface area contributed by atoms with Crippen LogP contribution in [0.2, 0.25) is 0 Å². The Morgan fingerprint density at radius 3 is 1.43 bits per heavy atom. The molecule has 0 radical (unpaired) electrons. The van der Waals surface area contributed by atoms with Gasteiger partial charge in [0.15, 0.2) is 0 Å². The number of hydrogen-bond donors (Lipinski definition) is 0. The van der Waals surface area contributed by atoms with E-state index >= 15 is 0 Å². The zero-order valence-electron chi connectivity index (χ0n) is 12.5. The van der Waals surface area contributed by atoms with Crippen molar-refractivity contribution in [2.75, 3.05) is 40.0 Å². The third-order valence-corrected chi connectivity index (χ3v) is 1.95. The number of carbonyl (C=O) groups excluding carboxylic acids is 2. The molecule has 0 aromatic rings. The molecule has 0 amide bonds.